The van der Waals surface area contributed by atoms with E-state index in [-0.39, 0.29) is 35.8 Å². The summed E-state index contributed by atoms with van der Waals surface area (Å²) in [6, 6.07) is 8.13. The van der Waals surface area contributed by atoms with Crippen molar-refractivity contribution in [2.45, 2.75) is 89.8 Å². The minimum atomic E-state index is -2.66. The molecule has 11 rings (SSSR count). The number of hydrogen-bond donors (Lipinski definition) is 1. The highest BCUT2D eigenvalue weighted by Crippen LogP contribution is 2.47. The Balaban J connectivity index is 0.717. The number of benzene rings is 2. The van der Waals surface area contributed by atoms with Crippen LogP contribution in [0.3, 0.4) is 0 Å². The van der Waals surface area contributed by atoms with Gasteiger partial charge in [0.15, 0.2) is 5.82 Å². The van der Waals surface area contributed by atoms with E-state index in [0.717, 1.165) is 130 Å². The summed E-state index contributed by atoms with van der Waals surface area (Å²) in [5.41, 5.74) is 6.68. The maximum atomic E-state index is 14.8. The summed E-state index contributed by atoms with van der Waals surface area (Å²) in [6.07, 6.45) is 7.32. The molecule has 18 heteroatoms. The lowest BCUT2D eigenvalue weighted by Crippen LogP contribution is -2.61. The number of aryl methyl sites for hydroxylation is 2. The first-order valence-corrected chi connectivity index (χ1v) is 24.0. The van der Waals surface area contributed by atoms with E-state index in [1.54, 1.807) is 49.2 Å². The zero-order chi connectivity index (χ0) is 46.3. The number of nitrogens with zero attached hydrogens (tertiary/aromatic N) is 10. The first-order valence-electron chi connectivity index (χ1n) is 24.0. The molecule has 0 bridgehead atoms. The number of halogens is 2. The number of amides is 5. The molecule has 2 aromatic heterocycles. The van der Waals surface area contributed by atoms with Gasteiger partial charge in [-0.3, -0.25) is 43.6 Å². The largest absolute Gasteiger partial charge is 0.370 e. The molecule has 1 unspecified atom stereocenters. The molecule has 4 aromatic rings. The maximum Gasteiger partial charge on any atom is 0.264 e. The van der Waals surface area contributed by atoms with Crippen molar-refractivity contribution in [2.24, 2.45) is 12.5 Å². The number of piperidine rings is 3. The van der Waals surface area contributed by atoms with E-state index in [0.29, 0.717) is 48.3 Å². The van der Waals surface area contributed by atoms with E-state index >= 15 is 0 Å². The standard InChI is InChI=1S/C49H57F2N11O5/c1-30(63)58-18-12-38-37(27-58)45(60-15-4-5-31-23-35(32-25-52-55(2)26-32)36(44(50)51)24-41(31)60)54-62(38)33-10-16-56(17-11-33)21-22-57-19-13-49(14-20-57)28-59(29-49)39-7-3-6-34-43(39)48(67)61(47(34)66)40-8-9-42(64)53-46(40)65/h3,6-7,23-26,33,40,44H,4-5,8-22,27-29H2,1-2H3,(H,53,64,65). The van der Waals surface area contributed by atoms with Gasteiger partial charge in [0.1, 0.15) is 6.04 Å². The smallest absolute Gasteiger partial charge is 0.264 e. The molecule has 1 atom stereocenters. The van der Waals surface area contributed by atoms with Crippen molar-refractivity contribution in [1.29, 1.82) is 0 Å². The number of alkyl halides is 2. The van der Waals surface area contributed by atoms with Crippen molar-refractivity contribution in [3.63, 3.8) is 0 Å². The third-order valence-corrected chi connectivity index (χ3v) is 15.8. The Bertz CT molecular complexity index is 2670. The fourth-order valence-electron chi connectivity index (χ4n) is 12.0. The minimum Gasteiger partial charge on any atom is -0.370 e. The van der Waals surface area contributed by atoms with Crippen molar-refractivity contribution >= 4 is 46.7 Å². The Kier molecular flexibility index (Phi) is 11.0. The highest BCUT2D eigenvalue weighted by Gasteiger charge is 2.50. The van der Waals surface area contributed by atoms with Gasteiger partial charge in [0.2, 0.25) is 17.7 Å². The zero-order valence-corrected chi connectivity index (χ0v) is 38.2. The van der Waals surface area contributed by atoms with E-state index in [2.05, 4.69) is 34.7 Å². The first kappa shape index (κ1) is 43.6. The Morgan fingerprint density at radius 2 is 1.64 bits per heavy atom. The van der Waals surface area contributed by atoms with E-state index in [1.165, 1.54) is 0 Å². The van der Waals surface area contributed by atoms with Crippen LogP contribution < -0.4 is 15.1 Å². The lowest BCUT2D eigenvalue weighted by molar-refractivity contribution is -0.136. The zero-order valence-electron chi connectivity index (χ0n) is 38.2. The number of aromatic nitrogens is 4. The second-order valence-corrected chi connectivity index (χ2v) is 19.8. The normalized spacial score (nSPS) is 22.4. The number of anilines is 3. The van der Waals surface area contributed by atoms with Crippen LogP contribution in [0.4, 0.5) is 26.0 Å². The van der Waals surface area contributed by atoms with Crippen molar-refractivity contribution in [3.05, 3.63) is 76.2 Å². The Labute approximate surface area is 387 Å². The molecule has 4 saturated heterocycles. The molecule has 352 valence electrons. The van der Waals surface area contributed by atoms with Gasteiger partial charge >= 0.3 is 0 Å². The van der Waals surface area contributed by atoms with Crippen LogP contribution in [-0.2, 0) is 40.8 Å². The fourth-order valence-corrected chi connectivity index (χ4v) is 12.0. The van der Waals surface area contributed by atoms with Gasteiger partial charge < -0.3 is 24.5 Å². The van der Waals surface area contributed by atoms with Crippen LogP contribution in [-0.4, -0.2) is 140 Å². The van der Waals surface area contributed by atoms with E-state index < -0.39 is 36.1 Å². The molecule has 0 saturated carbocycles. The quantitative estimate of drug-likeness (QED) is 0.230. The third kappa shape index (κ3) is 7.69. The minimum absolute atomic E-state index is 0.0180. The molecule has 1 spiro atoms. The van der Waals surface area contributed by atoms with Crippen LogP contribution in [0.1, 0.15) is 107 Å². The van der Waals surface area contributed by atoms with Gasteiger partial charge in [0.25, 0.3) is 18.2 Å². The molecule has 67 heavy (non-hydrogen) atoms. The number of hydrogen-bond acceptors (Lipinski definition) is 11. The maximum absolute atomic E-state index is 14.8. The average molecular weight is 918 g/mol. The number of likely N-dealkylation sites (tertiary alicyclic amines) is 2. The molecule has 1 N–H and O–H groups in total. The summed E-state index contributed by atoms with van der Waals surface area (Å²) in [5.74, 6) is -1.14. The van der Waals surface area contributed by atoms with E-state index in [1.807, 2.05) is 17.0 Å². The van der Waals surface area contributed by atoms with Gasteiger partial charge in [-0.05, 0) is 93.4 Å². The molecule has 0 aliphatic carbocycles. The molecule has 2 aromatic carbocycles. The lowest BCUT2D eigenvalue weighted by atomic mass is 9.71. The van der Waals surface area contributed by atoms with E-state index in [4.69, 9.17) is 5.10 Å². The Morgan fingerprint density at radius 1 is 0.881 bits per heavy atom. The summed E-state index contributed by atoms with van der Waals surface area (Å²) in [7, 11) is 1.79. The second-order valence-electron chi connectivity index (χ2n) is 19.8. The predicted octanol–water partition coefficient (Wildman–Crippen LogP) is 4.85. The first-order chi connectivity index (χ1) is 32.3. The lowest BCUT2D eigenvalue weighted by Gasteiger charge is -2.55. The second kappa shape index (κ2) is 16.9. The molecular formula is C49H57F2N11O5. The van der Waals surface area contributed by atoms with Crippen LogP contribution in [0.2, 0.25) is 0 Å². The number of imide groups is 2. The van der Waals surface area contributed by atoms with Crippen LogP contribution in [0.25, 0.3) is 11.1 Å². The van der Waals surface area contributed by atoms with Gasteiger partial charge in [0.05, 0.1) is 35.6 Å². The van der Waals surface area contributed by atoms with Gasteiger partial charge in [0, 0.05) is 119 Å². The van der Waals surface area contributed by atoms with Crippen LogP contribution >= 0.6 is 0 Å². The molecule has 16 nitrogen and oxygen atoms in total. The van der Waals surface area contributed by atoms with Crippen molar-refractivity contribution in [1.82, 2.24) is 44.5 Å². The molecule has 0 radical (unpaired) electrons. The van der Waals surface area contributed by atoms with Crippen LogP contribution in [0, 0.1) is 5.41 Å². The van der Waals surface area contributed by atoms with Crippen molar-refractivity contribution in [3.8, 4) is 11.1 Å². The van der Waals surface area contributed by atoms with Gasteiger partial charge in [-0.1, -0.05) is 6.07 Å². The number of carbonyl (C=O) groups excluding carboxylic acids is 5. The van der Waals surface area contributed by atoms with Gasteiger partial charge in [-0.2, -0.15) is 10.2 Å². The number of fused-ring (bicyclic) bond motifs is 3. The Hall–Kier alpha value is -6.01. The third-order valence-electron chi connectivity index (χ3n) is 15.8. The van der Waals surface area contributed by atoms with Crippen LogP contribution in [0.15, 0.2) is 42.7 Å². The topological polar surface area (TPSA) is 152 Å². The van der Waals surface area contributed by atoms with Crippen molar-refractivity contribution < 1.29 is 32.8 Å². The monoisotopic (exact) mass is 917 g/mol. The van der Waals surface area contributed by atoms with Gasteiger partial charge in [-0.25, -0.2) is 8.78 Å². The molecule has 7 aliphatic heterocycles. The number of carbonyl (C=O) groups is 5. The predicted molar refractivity (Wildman–Crippen MR) is 244 cm³/mol. The summed E-state index contributed by atoms with van der Waals surface area (Å²) in [6.45, 7) is 10.8. The Morgan fingerprint density at radius 3 is 2.34 bits per heavy atom. The average Bonchev–Trinajstić information content (AvgIpc) is 4.00. The number of rotatable bonds is 9. The van der Waals surface area contributed by atoms with Crippen molar-refractivity contribution in [2.75, 3.05) is 75.2 Å². The highest BCUT2D eigenvalue weighted by atomic mass is 19.3. The highest BCUT2D eigenvalue weighted by molar-refractivity contribution is 6.25. The summed E-state index contributed by atoms with van der Waals surface area (Å²) >= 11 is 0. The van der Waals surface area contributed by atoms with Crippen LogP contribution in [0.5, 0.6) is 0 Å². The molecule has 5 amide bonds. The summed E-state index contributed by atoms with van der Waals surface area (Å²) in [4.78, 5) is 76.6. The SMILES string of the molecule is CC(=O)N1CCc2c(c(N3CCCc4cc(-c5cnn(C)c5)c(C(F)F)cc43)nn2C2CCN(CCN3CCC4(CC3)CN(c3cccc5c3C(=O)N(C3CCC(=O)NC3=O)C5=O)C4)CC2)C1. The number of nitrogens with one attached hydrogen (secondary N) is 1. The molecule has 9 heterocycles. The van der Waals surface area contributed by atoms with Gasteiger partial charge in [-0.15, -0.1) is 0 Å². The molecule has 7 aliphatic rings. The van der Waals surface area contributed by atoms with E-state index in [9.17, 15) is 32.8 Å². The fraction of sp³-hybridized carbons (Fsp3) is 0.531. The molecule has 4 fully saturated rings. The summed E-state index contributed by atoms with van der Waals surface area (Å²) in [5, 5.41) is 11.9. The summed E-state index contributed by atoms with van der Waals surface area (Å²) < 4.78 is 33.4. The molecular weight excluding hydrogens is 861 g/mol.